The normalized spacial score (nSPS) is 17.7. The van der Waals surface area contributed by atoms with E-state index in [2.05, 4.69) is 67.3 Å². The Labute approximate surface area is 230 Å². The van der Waals surface area contributed by atoms with Gasteiger partial charge in [-0.3, -0.25) is 9.69 Å². The molecule has 1 unspecified atom stereocenters. The third-order valence-electron chi connectivity index (χ3n) is 7.70. The van der Waals surface area contributed by atoms with Crippen molar-refractivity contribution in [3.8, 4) is 5.75 Å². The van der Waals surface area contributed by atoms with Crippen LogP contribution in [0.15, 0.2) is 66.7 Å². The van der Waals surface area contributed by atoms with E-state index in [1.54, 1.807) is 0 Å². The molecule has 3 aromatic rings. The second-order valence-corrected chi connectivity index (χ2v) is 13.2. The quantitative estimate of drug-likeness (QED) is 0.357. The smallest absolute Gasteiger partial charge is 0.267 e. The fourth-order valence-electron chi connectivity index (χ4n) is 5.43. The molecule has 1 saturated carbocycles. The number of carbonyl (C=O) groups is 1. The summed E-state index contributed by atoms with van der Waals surface area (Å²) in [5.74, 6) is -1.39. The van der Waals surface area contributed by atoms with Crippen molar-refractivity contribution in [1.82, 2.24) is 9.62 Å². The van der Waals surface area contributed by atoms with Gasteiger partial charge in [-0.05, 0) is 60.9 Å². The number of rotatable bonds is 10. The summed E-state index contributed by atoms with van der Waals surface area (Å²) in [6.07, 6.45) is 1.85. The molecular formula is C31H35FN2O4S. The number of likely N-dealkylation sites (tertiary alicyclic amines) is 1. The highest BCUT2D eigenvalue weighted by atomic mass is 32.2. The molecule has 3 aromatic carbocycles. The third kappa shape index (κ3) is 6.02. The summed E-state index contributed by atoms with van der Waals surface area (Å²) in [5, 5.41) is 0. The first-order valence-electron chi connectivity index (χ1n) is 13.4. The highest BCUT2D eigenvalue weighted by Gasteiger charge is 2.44. The second kappa shape index (κ2) is 10.7. The average Bonchev–Trinajstić information content (AvgIpc) is 3.73. The molecule has 1 heterocycles. The summed E-state index contributed by atoms with van der Waals surface area (Å²) in [7, 11) is -3.79. The Bertz CT molecular complexity index is 1470. The van der Waals surface area contributed by atoms with Crippen LogP contribution in [0.4, 0.5) is 4.39 Å². The lowest BCUT2D eigenvalue weighted by Crippen LogP contribution is -2.58. The van der Waals surface area contributed by atoms with E-state index in [1.807, 2.05) is 10.8 Å². The van der Waals surface area contributed by atoms with E-state index in [-0.39, 0.29) is 28.7 Å². The molecule has 1 amide bonds. The van der Waals surface area contributed by atoms with E-state index in [9.17, 15) is 17.6 Å². The molecule has 206 valence electrons. The molecule has 1 aliphatic heterocycles. The Morgan fingerprint density at radius 2 is 1.77 bits per heavy atom. The van der Waals surface area contributed by atoms with Gasteiger partial charge in [0, 0.05) is 24.6 Å². The van der Waals surface area contributed by atoms with Crippen molar-refractivity contribution < 1.29 is 22.3 Å². The number of benzene rings is 3. The molecule has 0 spiro atoms. The molecule has 1 aliphatic carbocycles. The summed E-state index contributed by atoms with van der Waals surface area (Å²) >= 11 is 0. The van der Waals surface area contributed by atoms with Crippen LogP contribution in [0.1, 0.15) is 71.3 Å². The van der Waals surface area contributed by atoms with Gasteiger partial charge in [0.05, 0.1) is 24.0 Å². The van der Waals surface area contributed by atoms with Gasteiger partial charge in [0.1, 0.15) is 11.6 Å². The van der Waals surface area contributed by atoms with Crippen LogP contribution in [-0.2, 0) is 10.0 Å². The summed E-state index contributed by atoms with van der Waals surface area (Å²) in [6.45, 7) is 7.78. The predicted octanol–water partition coefficient (Wildman–Crippen LogP) is 5.58. The van der Waals surface area contributed by atoms with Gasteiger partial charge in [-0.2, -0.15) is 0 Å². The molecule has 1 N–H and O–H groups in total. The zero-order valence-corrected chi connectivity index (χ0v) is 23.4. The predicted molar refractivity (Wildman–Crippen MR) is 150 cm³/mol. The van der Waals surface area contributed by atoms with Crippen LogP contribution in [0.2, 0.25) is 0 Å². The van der Waals surface area contributed by atoms with Crippen molar-refractivity contribution in [2.24, 2.45) is 5.41 Å². The number of ether oxygens (including phenoxy) is 1. The second-order valence-electron chi connectivity index (χ2n) is 11.2. The molecular weight excluding hydrogens is 515 g/mol. The number of hydrogen-bond acceptors (Lipinski definition) is 5. The Balaban J connectivity index is 1.32. The van der Waals surface area contributed by atoms with Crippen molar-refractivity contribution in [3.63, 3.8) is 0 Å². The monoisotopic (exact) mass is 550 g/mol. The lowest BCUT2D eigenvalue weighted by Gasteiger charge is -2.51. The van der Waals surface area contributed by atoms with Gasteiger partial charge >= 0.3 is 0 Å². The Kier molecular flexibility index (Phi) is 7.53. The van der Waals surface area contributed by atoms with E-state index in [0.717, 1.165) is 31.5 Å². The van der Waals surface area contributed by atoms with Crippen molar-refractivity contribution in [1.29, 1.82) is 0 Å². The fraction of sp³-hybridized carbons (Fsp3) is 0.387. The van der Waals surface area contributed by atoms with Crippen molar-refractivity contribution in [2.75, 3.05) is 25.4 Å². The maximum Gasteiger partial charge on any atom is 0.267 e. The van der Waals surface area contributed by atoms with E-state index >= 15 is 0 Å². The minimum absolute atomic E-state index is 0.127. The maximum atomic E-state index is 15.0. The van der Waals surface area contributed by atoms with Crippen LogP contribution < -0.4 is 9.46 Å². The molecule has 2 fully saturated rings. The number of sulfonamides is 1. The lowest BCUT2D eigenvalue weighted by atomic mass is 9.79. The number of nitrogens with zero attached hydrogens (tertiary/aromatic N) is 1. The molecule has 0 bridgehead atoms. The van der Waals surface area contributed by atoms with Crippen LogP contribution in [0, 0.1) is 18.2 Å². The minimum atomic E-state index is -3.79. The molecule has 5 rings (SSSR count). The third-order valence-corrected chi connectivity index (χ3v) is 8.96. The Hall–Kier alpha value is -3.23. The van der Waals surface area contributed by atoms with Gasteiger partial charge in [-0.15, -0.1) is 0 Å². The first-order chi connectivity index (χ1) is 18.6. The molecule has 1 saturated heterocycles. The molecule has 0 radical (unpaired) electrons. The standard InChI is InChI=1S/C31H35FN2O4S/c1-4-39(36,37)33-30(35)26-16-25(22-14-15-22)28(17-27(26)32)38-20-31(3)18-34(19-31)29(23-11-6-5-7-12-23)24-13-9-8-10-21(24)2/h5-13,16-17,22,29H,4,14-15,18-20H2,1-3H3,(H,33,35). The largest absolute Gasteiger partial charge is 0.493 e. The van der Waals surface area contributed by atoms with E-state index in [1.165, 1.54) is 35.7 Å². The summed E-state index contributed by atoms with van der Waals surface area (Å²) < 4.78 is 46.8. The molecule has 0 aromatic heterocycles. The van der Waals surface area contributed by atoms with Crippen LogP contribution in [0.25, 0.3) is 0 Å². The van der Waals surface area contributed by atoms with Gasteiger partial charge in [0.25, 0.3) is 5.91 Å². The number of halogens is 1. The minimum Gasteiger partial charge on any atom is -0.493 e. The average molecular weight is 551 g/mol. The Morgan fingerprint density at radius 3 is 2.41 bits per heavy atom. The highest BCUT2D eigenvalue weighted by Crippen LogP contribution is 2.46. The molecule has 1 atom stereocenters. The van der Waals surface area contributed by atoms with Crippen molar-refractivity contribution in [2.45, 2.75) is 45.6 Å². The topological polar surface area (TPSA) is 75.7 Å². The number of amides is 1. The summed E-state index contributed by atoms with van der Waals surface area (Å²) in [5.41, 5.74) is 4.13. The molecule has 8 heteroatoms. The van der Waals surface area contributed by atoms with E-state index in [4.69, 9.17) is 4.74 Å². The van der Waals surface area contributed by atoms with Gasteiger partial charge in [0.15, 0.2) is 0 Å². The van der Waals surface area contributed by atoms with Gasteiger partial charge in [-0.1, -0.05) is 61.5 Å². The van der Waals surface area contributed by atoms with Crippen LogP contribution in [-0.4, -0.2) is 44.7 Å². The highest BCUT2D eigenvalue weighted by molar-refractivity contribution is 7.90. The maximum absolute atomic E-state index is 15.0. The number of nitrogens with one attached hydrogen (secondary N) is 1. The van der Waals surface area contributed by atoms with Crippen LogP contribution in [0.5, 0.6) is 5.75 Å². The molecule has 6 nitrogen and oxygen atoms in total. The number of aryl methyl sites for hydroxylation is 1. The van der Waals surface area contributed by atoms with Crippen molar-refractivity contribution >= 4 is 15.9 Å². The first-order valence-corrected chi connectivity index (χ1v) is 15.1. The SMILES string of the molecule is CCS(=O)(=O)NC(=O)c1cc(C2CC2)c(OCC2(C)CN(C(c3ccccc3)c3ccccc3C)C2)cc1F. The zero-order valence-electron chi connectivity index (χ0n) is 22.6. The lowest BCUT2D eigenvalue weighted by molar-refractivity contribution is -0.0380. The van der Waals surface area contributed by atoms with Gasteiger partial charge in [0.2, 0.25) is 10.0 Å². The fourth-order valence-corrected chi connectivity index (χ4v) is 5.97. The number of carbonyl (C=O) groups excluding carboxylic acids is 1. The molecule has 39 heavy (non-hydrogen) atoms. The first kappa shape index (κ1) is 27.3. The van der Waals surface area contributed by atoms with Crippen LogP contribution in [0.3, 0.4) is 0 Å². The van der Waals surface area contributed by atoms with Crippen LogP contribution >= 0.6 is 0 Å². The van der Waals surface area contributed by atoms with Crippen molar-refractivity contribution in [3.05, 3.63) is 100 Å². The summed E-state index contributed by atoms with van der Waals surface area (Å²) in [6, 6.07) is 21.8. The Morgan fingerprint density at radius 1 is 1.10 bits per heavy atom. The molecule has 2 aliphatic rings. The number of hydrogen-bond donors (Lipinski definition) is 1. The summed E-state index contributed by atoms with van der Waals surface area (Å²) in [4.78, 5) is 14.9. The zero-order chi connectivity index (χ0) is 27.8. The van der Waals surface area contributed by atoms with E-state index in [0.29, 0.717) is 12.4 Å². The van der Waals surface area contributed by atoms with Gasteiger partial charge < -0.3 is 4.74 Å². The van der Waals surface area contributed by atoms with Gasteiger partial charge in [-0.25, -0.2) is 17.5 Å². The van der Waals surface area contributed by atoms with E-state index < -0.39 is 21.7 Å².